The third kappa shape index (κ3) is 3.57. The highest BCUT2D eigenvalue weighted by Gasteiger charge is 2.30. The first-order valence-corrected chi connectivity index (χ1v) is 9.02. The molecular formula is C14H20Br2S. The Balaban J connectivity index is 2.01. The van der Waals surface area contributed by atoms with Gasteiger partial charge in [-0.25, -0.2) is 0 Å². The molecule has 1 heterocycles. The van der Waals surface area contributed by atoms with Crippen LogP contribution in [0.15, 0.2) is 15.9 Å². The Morgan fingerprint density at radius 1 is 1.41 bits per heavy atom. The Bertz CT molecular complexity index is 359. The van der Waals surface area contributed by atoms with Crippen LogP contribution in [0.5, 0.6) is 0 Å². The van der Waals surface area contributed by atoms with Crippen LogP contribution in [0.25, 0.3) is 0 Å². The molecule has 1 saturated carbocycles. The molecule has 1 aliphatic carbocycles. The zero-order valence-electron chi connectivity index (χ0n) is 10.5. The largest absolute Gasteiger partial charge is 0.148 e. The molecule has 0 aliphatic heterocycles. The molecule has 96 valence electrons. The molecule has 0 amide bonds. The fourth-order valence-corrected chi connectivity index (χ4v) is 5.06. The summed E-state index contributed by atoms with van der Waals surface area (Å²) in [6, 6.07) is 2.17. The van der Waals surface area contributed by atoms with E-state index in [1.165, 1.54) is 35.0 Å². The normalized spacial score (nSPS) is 29.8. The van der Waals surface area contributed by atoms with Crippen molar-refractivity contribution in [3.63, 3.8) is 0 Å². The molecular weight excluding hydrogens is 360 g/mol. The standard InChI is InChI=1S/C14H20Br2S/c1-9(2)10-3-4-12(15)11(7-10)8-14-13(16)5-6-17-14/h5-6,9-12H,3-4,7-8H2,1-2H3. The van der Waals surface area contributed by atoms with Gasteiger partial charge >= 0.3 is 0 Å². The van der Waals surface area contributed by atoms with Gasteiger partial charge in [0, 0.05) is 14.2 Å². The van der Waals surface area contributed by atoms with E-state index < -0.39 is 0 Å². The van der Waals surface area contributed by atoms with Crippen molar-refractivity contribution in [1.29, 1.82) is 0 Å². The third-order valence-electron chi connectivity index (χ3n) is 4.01. The van der Waals surface area contributed by atoms with Gasteiger partial charge in [0.1, 0.15) is 0 Å². The molecule has 3 unspecified atom stereocenters. The molecule has 1 aromatic heterocycles. The molecule has 0 nitrogen and oxygen atoms in total. The molecule has 0 aromatic carbocycles. The highest BCUT2D eigenvalue weighted by atomic mass is 79.9. The van der Waals surface area contributed by atoms with E-state index in [0.29, 0.717) is 4.83 Å². The second-order valence-corrected chi connectivity index (χ2v) is 8.52. The predicted molar refractivity (Wildman–Crippen MR) is 84.1 cm³/mol. The summed E-state index contributed by atoms with van der Waals surface area (Å²) in [5.74, 6) is 2.57. The van der Waals surface area contributed by atoms with Gasteiger partial charge in [0.25, 0.3) is 0 Å². The molecule has 3 heteroatoms. The van der Waals surface area contributed by atoms with E-state index in [2.05, 4.69) is 57.2 Å². The second-order valence-electron chi connectivity index (χ2n) is 5.49. The monoisotopic (exact) mass is 378 g/mol. The van der Waals surface area contributed by atoms with Gasteiger partial charge in [0.05, 0.1) is 0 Å². The number of alkyl halides is 1. The van der Waals surface area contributed by atoms with Gasteiger partial charge in [-0.3, -0.25) is 0 Å². The van der Waals surface area contributed by atoms with Crippen molar-refractivity contribution >= 4 is 43.2 Å². The molecule has 17 heavy (non-hydrogen) atoms. The molecule has 0 radical (unpaired) electrons. The molecule has 1 aromatic rings. The smallest absolute Gasteiger partial charge is 0.0314 e. The maximum atomic E-state index is 3.89. The molecule has 0 N–H and O–H groups in total. The van der Waals surface area contributed by atoms with E-state index in [4.69, 9.17) is 0 Å². The van der Waals surface area contributed by atoms with Crippen molar-refractivity contribution in [3.05, 3.63) is 20.8 Å². The Hall–Kier alpha value is 0.660. The summed E-state index contributed by atoms with van der Waals surface area (Å²) >= 11 is 9.43. The molecule has 0 spiro atoms. The van der Waals surface area contributed by atoms with E-state index in [9.17, 15) is 0 Å². The van der Waals surface area contributed by atoms with Crippen LogP contribution in [-0.2, 0) is 6.42 Å². The van der Waals surface area contributed by atoms with Crippen LogP contribution in [-0.4, -0.2) is 4.83 Å². The Morgan fingerprint density at radius 3 is 2.76 bits per heavy atom. The van der Waals surface area contributed by atoms with Crippen molar-refractivity contribution in [2.75, 3.05) is 0 Å². The first kappa shape index (κ1) is 14.1. The van der Waals surface area contributed by atoms with Crippen LogP contribution in [0.3, 0.4) is 0 Å². The number of thiophene rings is 1. The second kappa shape index (κ2) is 6.21. The lowest BCUT2D eigenvalue weighted by molar-refractivity contribution is 0.223. The molecule has 2 rings (SSSR count). The molecule has 3 atom stereocenters. The fourth-order valence-electron chi connectivity index (χ4n) is 2.79. The zero-order valence-corrected chi connectivity index (χ0v) is 14.4. The van der Waals surface area contributed by atoms with Gasteiger partial charge in [-0.05, 0) is 70.8 Å². The maximum Gasteiger partial charge on any atom is 0.0314 e. The molecule has 1 aliphatic rings. The lowest BCUT2D eigenvalue weighted by atomic mass is 9.75. The molecule has 0 bridgehead atoms. The van der Waals surface area contributed by atoms with Crippen molar-refractivity contribution < 1.29 is 0 Å². The van der Waals surface area contributed by atoms with Gasteiger partial charge in [0.2, 0.25) is 0 Å². The summed E-state index contributed by atoms with van der Waals surface area (Å²) in [5.41, 5.74) is 0. The summed E-state index contributed by atoms with van der Waals surface area (Å²) in [7, 11) is 0. The number of hydrogen-bond acceptors (Lipinski definition) is 1. The number of rotatable bonds is 3. The highest BCUT2D eigenvalue weighted by molar-refractivity contribution is 9.10. The van der Waals surface area contributed by atoms with Crippen LogP contribution in [0.4, 0.5) is 0 Å². The summed E-state index contributed by atoms with van der Waals surface area (Å²) in [6.07, 6.45) is 5.36. The van der Waals surface area contributed by atoms with Crippen molar-refractivity contribution in [2.45, 2.75) is 44.4 Å². The van der Waals surface area contributed by atoms with Gasteiger partial charge in [-0.15, -0.1) is 11.3 Å². The minimum atomic E-state index is 0.714. The lowest BCUT2D eigenvalue weighted by Crippen LogP contribution is -2.29. The van der Waals surface area contributed by atoms with E-state index >= 15 is 0 Å². The van der Waals surface area contributed by atoms with Crippen LogP contribution in [0, 0.1) is 17.8 Å². The average molecular weight is 380 g/mol. The summed E-state index contributed by atoms with van der Waals surface area (Å²) in [5, 5.41) is 2.19. The number of halogens is 2. The van der Waals surface area contributed by atoms with E-state index in [0.717, 1.165) is 17.8 Å². The lowest BCUT2D eigenvalue weighted by Gasteiger charge is -2.35. The minimum Gasteiger partial charge on any atom is -0.148 e. The van der Waals surface area contributed by atoms with E-state index in [1.807, 2.05) is 11.3 Å². The average Bonchev–Trinajstić information content (AvgIpc) is 2.67. The Kier molecular flexibility index (Phi) is 5.14. The van der Waals surface area contributed by atoms with Gasteiger partial charge < -0.3 is 0 Å². The van der Waals surface area contributed by atoms with E-state index in [1.54, 1.807) is 0 Å². The number of hydrogen-bond donors (Lipinski definition) is 0. The topological polar surface area (TPSA) is 0 Å². The quantitative estimate of drug-likeness (QED) is 0.574. The summed E-state index contributed by atoms with van der Waals surface area (Å²) in [6.45, 7) is 4.74. The van der Waals surface area contributed by atoms with Gasteiger partial charge in [-0.2, -0.15) is 0 Å². The van der Waals surface area contributed by atoms with Crippen molar-refractivity contribution in [1.82, 2.24) is 0 Å². The Labute approximate surface area is 125 Å². The highest BCUT2D eigenvalue weighted by Crippen LogP contribution is 2.40. The van der Waals surface area contributed by atoms with Crippen LogP contribution in [0.1, 0.15) is 38.0 Å². The van der Waals surface area contributed by atoms with Gasteiger partial charge in [-0.1, -0.05) is 29.8 Å². The zero-order chi connectivity index (χ0) is 12.4. The summed E-state index contributed by atoms with van der Waals surface area (Å²) < 4.78 is 1.30. The van der Waals surface area contributed by atoms with Crippen LogP contribution in [0.2, 0.25) is 0 Å². The predicted octanol–water partition coefficient (Wildman–Crippen LogP) is 5.89. The first-order valence-electron chi connectivity index (χ1n) is 6.44. The van der Waals surface area contributed by atoms with Crippen molar-refractivity contribution in [2.24, 2.45) is 17.8 Å². The minimum absolute atomic E-state index is 0.714. The molecule has 0 saturated heterocycles. The Morgan fingerprint density at radius 2 is 2.18 bits per heavy atom. The van der Waals surface area contributed by atoms with Crippen molar-refractivity contribution in [3.8, 4) is 0 Å². The molecule has 1 fully saturated rings. The van der Waals surface area contributed by atoms with Crippen LogP contribution >= 0.6 is 43.2 Å². The third-order valence-corrected chi connectivity index (χ3v) is 7.17. The van der Waals surface area contributed by atoms with Crippen LogP contribution < -0.4 is 0 Å². The summed E-state index contributed by atoms with van der Waals surface area (Å²) in [4.78, 5) is 2.23. The van der Waals surface area contributed by atoms with Gasteiger partial charge in [0.15, 0.2) is 0 Å². The SMILES string of the molecule is CC(C)C1CCC(Br)C(Cc2sccc2Br)C1. The van der Waals surface area contributed by atoms with E-state index in [-0.39, 0.29) is 0 Å². The first-order chi connectivity index (χ1) is 8.08. The maximum absolute atomic E-state index is 3.89. The fraction of sp³-hybridized carbons (Fsp3) is 0.714.